The van der Waals surface area contributed by atoms with Gasteiger partial charge in [-0.3, -0.25) is 9.69 Å². The highest BCUT2D eigenvalue weighted by atomic mass is 127. The first-order chi connectivity index (χ1) is 16.0. The van der Waals surface area contributed by atoms with Crippen LogP contribution in [-0.2, 0) is 17.9 Å². The Kier molecular flexibility index (Phi) is 7.67. The highest BCUT2D eigenvalue weighted by Crippen LogP contribution is 2.38. The van der Waals surface area contributed by atoms with Gasteiger partial charge in [-0.25, -0.2) is 4.39 Å². The quantitative estimate of drug-likeness (QED) is 0.180. The lowest BCUT2D eigenvalue weighted by Crippen LogP contribution is -2.27. The lowest BCUT2D eigenvalue weighted by Gasteiger charge is -2.15. The predicted octanol–water partition coefficient (Wildman–Crippen LogP) is 6.42. The van der Waals surface area contributed by atoms with E-state index in [1.807, 2.05) is 36.4 Å². The molecule has 0 N–H and O–H groups in total. The van der Waals surface area contributed by atoms with Crippen molar-refractivity contribution >= 4 is 62.9 Å². The van der Waals surface area contributed by atoms with Crippen molar-refractivity contribution in [3.05, 3.63) is 97.7 Å². The van der Waals surface area contributed by atoms with Gasteiger partial charge in [0.15, 0.2) is 11.5 Å². The van der Waals surface area contributed by atoms with Gasteiger partial charge in [0.1, 0.15) is 16.7 Å². The second-order valence-electron chi connectivity index (χ2n) is 7.17. The molecule has 0 aromatic heterocycles. The Labute approximate surface area is 214 Å². The summed E-state index contributed by atoms with van der Waals surface area (Å²) < 4.78 is 26.6. The summed E-state index contributed by atoms with van der Waals surface area (Å²) >= 11 is 8.87. The van der Waals surface area contributed by atoms with Crippen LogP contribution >= 0.6 is 46.6 Å². The van der Waals surface area contributed by atoms with Crippen LogP contribution in [0.15, 0.2) is 71.6 Å². The number of carbonyl (C=O) groups excluding carboxylic acids is 1. The van der Waals surface area contributed by atoms with E-state index >= 15 is 0 Å². The second-order valence-corrected chi connectivity index (χ2v) is 10.0. The van der Waals surface area contributed by atoms with Gasteiger partial charge in [-0.1, -0.05) is 72.5 Å². The summed E-state index contributed by atoms with van der Waals surface area (Å²) in [5, 5.41) is 0. The third-order valence-corrected chi connectivity index (χ3v) is 7.12. The number of ether oxygens (including phenoxy) is 2. The van der Waals surface area contributed by atoms with Crippen molar-refractivity contribution in [3.63, 3.8) is 0 Å². The normalized spacial score (nSPS) is 14.8. The number of thioether (sulfide) groups is 1. The molecule has 1 aliphatic rings. The zero-order chi connectivity index (χ0) is 23.4. The van der Waals surface area contributed by atoms with E-state index in [-0.39, 0.29) is 18.3 Å². The fourth-order valence-electron chi connectivity index (χ4n) is 3.28. The average molecular weight is 591 g/mol. The monoisotopic (exact) mass is 591 g/mol. The molecule has 1 aliphatic heterocycles. The summed E-state index contributed by atoms with van der Waals surface area (Å²) in [6, 6.07) is 19.9. The standard InChI is InChI=1S/C25H19FINO3S2/c1-30-21-12-17(11-20(27)23(21)31-15-18-9-5-6-10-19(18)26)13-22-24(29)28(25(32)33-22)14-16-7-3-2-4-8-16/h2-13H,14-15H2,1H3/b22-13+. The average Bonchev–Trinajstić information content (AvgIpc) is 3.07. The maximum Gasteiger partial charge on any atom is 0.266 e. The molecule has 8 heteroatoms. The van der Waals surface area contributed by atoms with Gasteiger partial charge >= 0.3 is 0 Å². The summed E-state index contributed by atoms with van der Waals surface area (Å²) in [7, 11) is 1.55. The number of thiocarbonyl (C=S) groups is 1. The maximum atomic E-state index is 13.9. The van der Waals surface area contributed by atoms with E-state index in [0.717, 1.165) is 14.7 Å². The molecule has 33 heavy (non-hydrogen) atoms. The smallest absolute Gasteiger partial charge is 0.266 e. The lowest BCUT2D eigenvalue weighted by molar-refractivity contribution is -0.122. The number of rotatable bonds is 7. The molecule has 1 amide bonds. The number of nitrogens with zero attached hydrogens (tertiary/aromatic N) is 1. The van der Waals surface area contributed by atoms with Crippen LogP contribution in [0.3, 0.4) is 0 Å². The van der Waals surface area contributed by atoms with Crippen molar-refractivity contribution in [1.82, 2.24) is 4.90 Å². The molecule has 1 heterocycles. The summed E-state index contributed by atoms with van der Waals surface area (Å²) in [6.45, 7) is 0.517. The molecule has 0 unspecified atom stereocenters. The van der Waals surface area contributed by atoms with E-state index in [1.54, 1.807) is 42.4 Å². The largest absolute Gasteiger partial charge is 0.493 e. The molecule has 3 aromatic carbocycles. The number of methoxy groups -OCH3 is 1. The van der Waals surface area contributed by atoms with Gasteiger partial charge in [-0.05, 0) is 58.0 Å². The molecule has 4 nitrogen and oxygen atoms in total. The topological polar surface area (TPSA) is 38.8 Å². The summed E-state index contributed by atoms with van der Waals surface area (Å²) in [5.41, 5.74) is 2.26. The highest BCUT2D eigenvalue weighted by Gasteiger charge is 2.32. The minimum atomic E-state index is -0.319. The van der Waals surface area contributed by atoms with Crippen LogP contribution in [0, 0.1) is 9.39 Å². The Morgan fingerprint density at radius 2 is 1.85 bits per heavy atom. The molecule has 0 bridgehead atoms. The highest BCUT2D eigenvalue weighted by molar-refractivity contribution is 14.1. The molecular weight excluding hydrogens is 572 g/mol. The van der Waals surface area contributed by atoms with Crippen LogP contribution < -0.4 is 9.47 Å². The third-order valence-electron chi connectivity index (χ3n) is 4.94. The van der Waals surface area contributed by atoms with Crippen LogP contribution in [-0.4, -0.2) is 22.2 Å². The van der Waals surface area contributed by atoms with Crippen molar-refractivity contribution in [2.45, 2.75) is 13.2 Å². The molecule has 1 fully saturated rings. The summed E-state index contributed by atoms with van der Waals surface area (Å²) in [5.74, 6) is 0.586. The number of halogens is 2. The van der Waals surface area contributed by atoms with Gasteiger partial charge in [-0.15, -0.1) is 0 Å². The minimum Gasteiger partial charge on any atom is -0.493 e. The van der Waals surface area contributed by atoms with Gasteiger partial charge in [0.05, 0.1) is 22.1 Å². The second kappa shape index (κ2) is 10.7. The van der Waals surface area contributed by atoms with E-state index in [9.17, 15) is 9.18 Å². The van der Waals surface area contributed by atoms with Crippen LogP contribution in [0.5, 0.6) is 11.5 Å². The number of amides is 1. The van der Waals surface area contributed by atoms with E-state index in [2.05, 4.69) is 22.6 Å². The van der Waals surface area contributed by atoms with E-state index in [4.69, 9.17) is 21.7 Å². The Morgan fingerprint density at radius 1 is 1.12 bits per heavy atom. The first-order valence-electron chi connectivity index (χ1n) is 9.99. The van der Waals surface area contributed by atoms with Crippen molar-refractivity contribution in [2.75, 3.05) is 7.11 Å². The Hall–Kier alpha value is -2.43. The summed E-state index contributed by atoms with van der Waals surface area (Å²) in [6.07, 6.45) is 1.80. The van der Waals surface area contributed by atoms with Gasteiger partial charge in [0.2, 0.25) is 0 Å². The van der Waals surface area contributed by atoms with Gasteiger partial charge < -0.3 is 9.47 Å². The maximum absolute atomic E-state index is 13.9. The fourth-order valence-corrected chi connectivity index (χ4v) is 5.32. The Balaban J connectivity index is 1.54. The summed E-state index contributed by atoms with van der Waals surface area (Å²) in [4.78, 5) is 15.1. The van der Waals surface area contributed by atoms with Crippen LogP contribution in [0.1, 0.15) is 16.7 Å². The van der Waals surface area contributed by atoms with Crippen molar-refractivity contribution in [2.24, 2.45) is 0 Å². The van der Waals surface area contributed by atoms with E-state index in [1.165, 1.54) is 17.8 Å². The van der Waals surface area contributed by atoms with Crippen molar-refractivity contribution < 1.29 is 18.7 Å². The molecule has 0 atom stereocenters. The van der Waals surface area contributed by atoms with Crippen molar-refractivity contribution in [3.8, 4) is 11.5 Å². The van der Waals surface area contributed by atoms with E-state index in [0.29, 0.717) is 32.8 Å². The first kappa shape index (κ1) is 23.7. The fraction of sp³-hybridized carbons (Fsp3) is 0.120. The molecular formula is C25H19FINO3S2. The van der Waals surface area contributed by atoms with Gasteiger partial charge in [0, 0.05) is 5.56 Å². The van der Waals surface area contributed by atoms with Crippen LogP contribution in [0.2, 0.25) is 0 Å². The van der Waals surface area contributed by atoms with Gasteiger partial charge in [-0.2, -0.15) is 0 Å². The Morgan fingerprint density at radius 3 is 2.58 bits per heavy atom. The van der Waals surface area contributed by atoms with E-state index < -0.39 is 0 Å². The Bertz CT molecular complexity index is 1230. The number of hydrogen-bond acceptors (Lipinski definition) is 5. The first-order valence-corrected chi connectivity index (χ1v) is 12.3. The van der Waals surface area contributed by atoms with Crippen LogP contribution in [0.4, 0.5) is 4.39 Å². The number of hydrogen-bond donors (Lipinski definition) is 0. The van der Waals surface area contributed by atoms with Crippen molar-refractivity contribution in [1.29, 1.82) is 0 Å². The number of benzene rings is 3. The van der Waals surface area contributed by atoms with Gasteiger partial charge in [0.25, 0.3) is 5.91 Å². The number of carbonyl (C=O) groups is 1. The third kappa shape index (κ3) is 5.56. The van der Waals surface area contributed by atoms with Crippen LogP contribution in [0.25, 0.3) is 6.08 Å². The predicted molar refractivity (Wildman–Crippen MR) is 142 cm³/mol. The zero-order valence-corrected chi connectivity index (χ0v) is 21.4. The molecule has 0 aliphatic carbocycles. The molecule has 0 radical (unpaired) electrons. The molecule has 4 rings (SSSR count). The minimum absolute atomic E-state index is 0.0799. The molecule has 0 saturated carbocycles. The molecule has 3 aromatic rings. The molecule has 1 saturated heterocycles. The SMILES string of the molecule is COc1cc(/C=C2/SC(=S)N(Cc3ccccc3)C2=O)cc(I)c1OCc1ccccc1F. The lowest BCUT2D eigenvalue weighted by atomic mass is 10.1. The molecule has 168 valence electrons. The zero-order valence-electron chi connectivity index (χ0n) is 17.6. The molecule has 0 spiro atoms.